The second-order valence-corrected chi connectivity index (χ2v) is 7.69. The summed E-state index contributed by atoms with van der Waals surface area (Å²) in [4.78, 5) is 17.0. The molecular weight excluding hydrogens is 412 g/mol. The molecule has 1 aliphatic carbocycles. The summed E-state index contributed by atoms with van der Waals surface area (Å²) in [6.07, 6.45) is -1.98. The van der Waals surface area contributed by atoms with Gasteiger partial charge in [-0.1, -0.05) is 0 Å². The van der Waals surface area contributed by atoms with Gasteiger partial charge in [0.2, 0.25) is 0 Å². The van der Waals surface area contributed by atoms with E-state index in [9.17, 15) is 27.5 Å². The summed E-state index contributed by atoms with van der Waals surface area (Å²) in [5, 5.41) is 10.3. The molecule has 2 aromatic rings. The van der Waals surface area contributed by atoms with Gasteiger partial charge in [-0.2, -0.15) is 13.2 Å². The molecule has 0 unspecified atom stereocenters. The summed E-state index contributed by atoms with van der Waals surface area (Å²) in [6, 6.07) is 5.00. The number of carbonyl (C=O) groups excluding carboxylic acids is 1. The zero-order valence-corrected chi connectivity index (χ0v) is 15.7. The number of phenols is 1. The molecule has 1 saturated heterocycles. The number of nitrogens with one attached hydrogen (secondary N) is 1. The molecule has 29 heavy (non-hydrogen) atoms. The first kappa shape index (κ1) is 19.6. The molecule has 2 aliphatic rings. The van der Waals surface area contributed by atoms with Crippen LogP contribution in [-0.4, -0.2) is 28.6 Å². The van der Waals surface area contributed by atoms with E-state index in [1.807, 2.05) is 0 Å². The van der Waals surface area contributed by atoms with E-state index in [0.717, 1.165) is 37.2 Å². The van der Waals surface area contributed by atoms with Crippen LogP contribution in [0.5, 0.6) is 5.75 Å². The molecule has 2 fully saturated rings. The number of nitrogens with zero attached hydrogens (tertiary/aromatic N) is 3. The third-order valence-corrected chi connectivity index (χ3v) is 5.47. The van der Waals surface area contributed by atoms with E-state index < -0.39 is 17.6 Å². The number of phenolic OH excluding ortho intramolecular Hbond substituents is 1. The van der Waals surface area contributed by atoms with Crippen molar-refractivity contribution in [3.8, 4) is 5.75 Å². The van der Waals surface area contributed by atoms with Crippen LogP contribution < -0.4 is 13.9 Å². The summed E-state index contributed by atoms with van der Waals surface area (Å²) in [5.41, 5.74) is -0.486. The highest BCUT2D eigenvalue weighted by Gasteiger charge is 2.34. The summed E-state index contributed by atoms with van der Waals surface area (Å²) < 4.78 is 56.7. The molecule has 1 aromatic heterocycles. The van der Waals surface area contributed by atoms with E-state index in [0.29, 0.717) is 11.4 Å². The fourth-order valence-electron chi connectivity index (χ4n) is 3.11. The number of aromatic nitrogens is 1. The van der Waals surface area contributed by atoms with Crippen LogP contribution in [0.2, 0.25) is 0 Å². The van der Waals surface area contributed by atoms with Crippen LogP contribution in [0.15, 0.2) is 30.5 Å². The Morgan fingerprint density at radius 1 is 1.31 bits per heavy atom. The predicted octanol–water partition coefficient (Wildman–Crippen LogP) is 3.61. The number of aromatic hydroxyl groups is 1. The van der Waals surface area contributed by atoms with Crippen molar-refractivity contribution in [1.29, 1.82) is 0 Å². The second-order valence-electron chi connectivity index (χ2n) is 6.86. The lowest BCUT2D eigenvalue weighted by atomic mass is 10.1. The quantitative estimate of drug-likeness (QED) is 0.560. The topological polar surface area (TPSA) is 68.7 Å². The van der Waals surface area contributed by atoms with E-state index in [1.165, 1.54) is 22.5 Å². The van der Waals surface area contributed by atoms with Crippen LogP contribution in [0.3, 0.4) is 0 Å². The predicted molar refractivity (Wildman–Crippen MR) is 99.6 cm³/mol. The minimum absolute atomic E-state index is 0.0852. The minimum Gasteiger partial charge on any atom is -0.506 e. The molecular formula is C18H16F4N4O2S. The van der Waals surface area contributed by atoms with Crippen LogP contribution in [0, 0.1) is 5.82 Å². The fraction of sp³-hybridized carbons (Fsp3) is 0.333. The Morgan fingerprint density at radius 2 is 2.07 bits per heavy atom. The van der Waals surface area contributed by atoms with Crippen molar-refractivity contribution in [3.05, 3.63) is 47.4 Å². The third kappa shape index (κ3) is 4.19. The largest absolute Gasteiger partial charge is 0.506 e. The van der Waals surface area contributed by atoms with Gasteiger partial charge in [0.05, 0.1) is 17.7 Å². The Hall–Kier alpha value is -2.69. The molecule has 0 atom stereocenters. The third-order valence-electron chi connectivity index (χ3n) is 4.62. The number of hydrogen-bond donors (Lipinski definition) is 2. The van der Waals surface area contributed by atoms with Crippen LogP contribution in [0.25, 0.3) is 0 Å². The number of hydrogen-bond acceptors (Lipinski definition) is 6. The van der Waals surface area contributed by atoms with E-state index in [4.69, 9.17) is 0 Å². The van der Waals surface area contributed by atoms with Gasteiger partial charge >= 0.3 is 6.18 Å². The maximum Gasteiger partial charge on any atom is 0.417 e. The van der Waals surface area contributed by atoms with Crippen molar-refractivity contribution < 1.29 is 27.5 Å². The second kappa shape index (κ2) is 7.29. The van der Waals surface area contributed by atoms with Crippen LogP contribution in [0.4, 0.5) is 29.1 Å². The van der Waals surface area contributed by atoms with Crippen LogP contribution in [-0.2, 0) is 17.5 Å². The number of carbonyl (C=O) groups is 1. The minimum atomic E-state index is -4.47. The van der Waals surface area contributed by atoms with Crippen molar-refractivity contribution in [3.63, 3.8) is 0 Å². The number of pyridine rings is 1. The monoisotopic (exact) mass is 428 g/mol. The normalized spacial score (nSPS) is 16.8. The molecule has 4 rings (SSSR count). The number of benzene rings is 1. The highest BCUT2D eigenvalue weighted by molar-refractivity contribution is 7.99. The van der Waals surface area contributed by atoms with E-state index in [-0.39, 0.29) is 36.5 Å². The molecule has 1 amide bonds. The van der Waals surface area contributed by atoms with Gasteiger partial charge in [0.15, 0.2) is 5.82 Å². The van der Waals surface area contributed by atoms with Gasteiger partial charge in [-0.05, 0) is 42.7 Å². The lowest BCUT2D eigenvalue weighted by molar-refractivity contribution is -0.137. The molecule has 0 spiro atoms. The van der Waals surface area contributed by atoms with Gasteiger partial charge < -0.3 is 10.0 Å². The maximum atomic E-state index is 14.6. The molecule has 0 radical (unpaired) electrons. The number of anilines is 2. The van der Waals surface area contributed by atoms with Gasteiger partial charge in [-0.25, -0.2) is 9.37 Å². The summed E-state index contributed by atoms with van der Waals surface area (Å²) >= 11 is 0.888. The van der Waals surface area contributed by atoms with Crippen molar-refractivity contribution >= 4 is 29.5 Å². The highest BCUT2D eigenvalue weighted by atomic mass is 32.2. The Morgan fingerprint density at radius 3 is 2.59 bits per heavy atom. The number of rotatable bonds is 5. The molecule has 1 saturated carbocycles. The van der Waals surface area contributed by atoms with Crippen molar-refractivity contribution in [2.45, 2.75) is 31.6 Å². The number of alkyl halides is 3. The smallest absolute Gasteiger partial charge is 0.417 e. The Balaban J connectivity index is 1.57. The maximum absolute atomic E-state index is 14.6. The van der Waals surface area contributed by atoms with E-state index >= 15 is 0 Å². The average Bonchev–Trinajstić information content (AvgIpc) is 3.40. The van der Waals surface area contributed by atoms with Crippen LogP contribution >= 0.6 is 12.1 Å². The highest BCUT2D eigenvalue weighted by Crippen LogP contribution is 2.38. The average molecular weight is 428 g/mol. The van der Waals surface area contributed by atoms with Gasteiger partial charge in [0.25, 0.3) is 5.91 Å². The van der Waals surface area contributed by atoms with Crippen molar-refractivity contribution in [2.24, 2.45) is 0 Å². The van der Waals surface area contributed by atoms with Crippen molar-refractivity contribution in [2.75, 3.05) is 15.7 Å². The molecule has 2 heterocycles. The number of halogens is 4. The molecule has 0 bridgehead atoms. The summed E-state index contributed by atoms with van der Waals surface area (Å²) in [6.45, 7) is 0.0935. The van der Waals surface area contributed by atoms with Gasteiger partial charge in [0.1, 0.15) is 23.8 Å². The SMILES string of the molecule is O=C1CN(c2c(O)cc(CN(c3ccc(C(F)(F)F)cn3)C3CC3)cc2F)SN1. The molecule has 154 valence electrons. The standard InChI is InChI=1S/C18H16F4N4O2S/c19-13-5-10(6-14(27)17(13)26-9-16(28)24-29-26)8-25(12-2-3-12)15-4-1-11(7-23-15)18(20,21)22/h1,4-7,12,27H,2-3,8-9H2,(H,24,28). The first-order valence-corrected chi connectivity index (χ1v) is 9.54. The first-order chi connectivity index (χ1) is 13.7. The molecule has 1 aliphatic heterocycles. The zero-order chi connectivity index (χ0) is 20.8. The lowest BCUT2D eigenvalue weighted by Crippen LogP contribution is -2.26. The lowest BCUT2D eigenvalue weighted by Gasteiger charge is -2.25. The Bertz CT molecular complexity index is 911. The summed E-state index contributed by atoms with van der Waals surface area (Å²) in [7, 11) is 0. The van der Waals surface area contributed by atoms with E-state index in [1.54, 1.807) is 4.90 Å². The molecule has 11 heteroatoms. The Kier molecular flexibility index (Phi) is 4.93. The van der Waals surface area contributed by atoms with Gasteiger partial charge in [-0.3, -0.25) is 13.8 Å². The number of amides is 1. The van der Waals surface area contributed by atoms with Crippen LogP contribution in [0.1, 0.15) is 24.0 Å². The Labute approximate surface area is 167 Å². The fourth-order valence-corrected chi connectivity index (χ4v) is 3.84. The molecule has 6 nitrogen and oxygen atoms in total. The van der Waals surface area contributed by atoms with Crippen molar-refractivity contribution in [1.82, 2.24) is 9.71 Å². The van der Waals surface area contributed by atoms with Gasteiger partial charge in [0, 0.05) is 18.8 Å². The van der Waals surface area contributed by atoms with Gasteiger partial charge in [-0.15, -0.1) is 0 Å². The zero-order valence-electron chi connectivity index (χ0n) is 14.9. The molecule has 2 N–H and O–H groups in total. The first-order valence-electron chi connectivity index (χ1n) is 8.77. The van der Waals surface area contributed by atoms with E-state index in [2.05, 4.69) is 9.71 Å². The molecule has 1 aromatic carbocycles. The summed E-state index contributed by atoms with van der Waals surface area (Å²) in [5.74, 6) is -0.958.